The molecule has 2 N–H and O–H groups in total. The van der Waals surface area contributed by atoms with E-state index in [0.29, 0.717) is 11.5 Å². The number of carbonyl (C=O) groups is 1. The Bertz CT molecular complexity index is 778. The highest BCUT2D eigenvalue weighted by atomic mass is 16.5. The fraction of sp³-hybridized carbons (Fsp3) is 0.350. The minimum absolute atomic E-state index is 0.116. The Morgan fingerprint density at radius 3 is 2.88 bits per heavy atom. The number of nitrogens with zero attached hydrogens (tertiary/aromatic N) is 1. The average Bonchev–Trinajstić information content (AvgIpc) is 3.05. The zero-order chi connectivity index (χ0) is 18.5. The number of aliphatic hydroxyl groups excluding tert-OH is 1. The van der Waals surface area contributed by atoms with Crippen molar-refractivity contribution in [3.05, 3.63) is 53.6 Å². The largest absolute Gasteiger partial charge is 0.497 e. The van der Waals surface area contributed by atoms with Crippen molar-refractivity contribution in [2.24, 2.45) is 0 Å². The third kappa shape index (κ3) is 4.26. The molecular formula is C20H24N2O4. The lowest BCUT2D eigenvalue weighted by molar-refractivity contribution is -0.123. The van der Waals surface area contributed by atoms with Crippen LogP contribution in [-0.4, -0.2) is 44.9 Å². The van der Waals surface area contributed by atoms with Gasteiger partial charge in [0.05, 0.1) is 13.2 Å². The second-order valence-electron chi connectivity index (χ2n) is 6.35. The molecule has 0 bridgehead atoms. The van der Waals surface area contributed by atoms with E-state index in [9.17, 15) is 9.90 Å². The van der Waals surface area contributed by atoms with E-state index < -0.39 is 6.10 Å². The number of hydrogen-bond acceptors (Lipinski definition) is 5. The predicted molar refractivity (Wildman–Crippen MR) is 99.9 cm³/mol. The van der Waals surface area contributed by atoms with Gasteiger partial charge in [-0.2, -0.15) is 0 Å². The molecule has 1 aliphatic rings. The highest BCUT2D eigenvalue weighted by molar-refractivity contribution is 5.77. The summed E-state index contributed by atoms with van der Waals surface area (Å²) in [5.74, 6) is 0.941. The number of amides is 1. The van der Waals surface area contributed by atoms with E-state index in [1.165, 1.54) is 11.3 Å². The van der Waals surface area contributed by atoms with Crippen molar-refractivity contribution in [2.45, 2.75) is 12.5 Å². The molecule has 3 rings (SSSR count). The van der Waals surface area contributed by atoms with Crippen LogP contribution in [0.15, 0.2) is 42.5 Å². The molecule has 1 amide bonds. The Kier molecular flexibility index (Phi) is 5.63. The number of benzene rings is 2. The third-order valence-electron chi connectivity index (χ3n) is 4.52. The first-order valence-corrected chi connectivity index (χ1v) is 8.62. The van der Waals surface area contributed by atoms with Crippen LogP contribution in [-0.2, 0) is 11.2 Å². The first-order chi connectivity index (χ1) is 12.6. The molecule has 2 aromatic carbocycles. The molecule has 6 heteroatoms. The second-order valence-corrected chi connectivity index (χ2v) is 6.35. The van der Waals surface area contributed by atoms with Crippen molar-refractivity contribution >= 4 is 11.6 Å². The first kappa shape index (κ1) is 18.1. The SMILES string of the molecule is COc1cccc(OCC(=O)NCC(O)c2ccc3c(c2)CCN3C)c1. The van der Waals surface area contributed by atoms with Crippen LogP contribution in [0.1, 0.15) is 17.2 Å². The Labute approximate surface area is 153 Å². The summed E-state index contributed by atoms with van der Waals surface area (Å²) in [6, 6.07) is 13.0. The van der Waals surface area contributed by atoms with Crippen LogP contribution in [0.25, 0.3) is 0 Å². The monoisotopic (exact) mass is 356 g/mol. The summed E-state index contributed by atoms with van der Waals surface area (Å²) < 4.78 is 10.6. The molecule has 1 unspecified atom stereocenters. The molecule has 0 spiro atoms. The maximum Gasteiger partial charge on any atom is 0.258 e. The molecule has 0 radical (unpaired) electrons. The Morgan fingerprint density at radius 2 is 2.08 bits per heavy atom. The lowest BCUT2D eigenvalue weighted by Gasteiger charge is -2.15. The molecule has 1 atom stereocenters. The van der Waals surface area contributed by atoms with Gasteiger partial charge in [0, 0.05) is 31.9 Å². The van der Waals surface area contributed by atoms with Crippen LogP contribution in [0.5, 0.6) is 11.5 Å². The van der Waals surface area contributed by atoms with Gasteiger partial charge < -0.3 is 24.8 Å². The molecule has 26 heavy (non-hydrogen) atoms. The summed E-state index contributed by atoms with van der Waals surface area (Å²) in [5, 5.41) is 13.0. The second kappa shape index (κ2) is 8.10. The van der Waals surface area contributed by atoms with Gasteiger partial charge >= 0.3 is 0 Å². The van der Waals surface area contributed by atoms with Gasteiger partial charge in [-0.25, -0.2) is 0 Å². The Hall–Kier alpha value is -2.73. The van der Waals surface area contributed by atoms with E-state index in [1.54, 1.807) is 31.4 Å². The van der Waals surface area contributed by atoms with Crippen molar-refractivity contribution in [2.75, 3.05) is 38.8 Å². The van der Waals surface area contributed by atoms with Gasteiger partial charge in [0.15, 0.2) is 6.61 Å². The van der Waals surface area contributed by atoms with Gasteiger partial charge in [-0.15, -0.1) is 0 Å². The van der Waals surface area contributed by atoms with E-state index in [4.69, 9.17) is 9.47 Å². The standard InChI is InChI=1S/C20H24N2O4/c1-22-9-8-14-10-15(6-7-18(14)22)19(23)12-21-20(24)13-26-17-5-3-4-16(11-17)25-2/h3-7,10-11,19,23H,8-9,12-13H2,1-2H3,(H,21,24). The number of likely N-dealkylation sites (N-methyl/N-ethyl adjacent to an activating group) is 1. The summed E-state index contributed by atoms with van der Waals surface area (Å²) in [4.78, 5) is 14.1. The topological polar surface area (TPSA) is 71.0 Å². The van der Waals surface area contributed by atoms with Crippen molar-refractivity contribution in [1.82, 2.24) is 5.32 Å². The van der Waals surface area contributed by atoms with E-state index in [1.807, 2.05) is 18.2 Å². The summed E-state index contributed by atoms with van der Waals surface area (Å²) in [7, 11) is 3.63. The Balaban J connectivity index is 1.48. The summed E-state index contributed by atoms with van der Waals surface area (Å²) in [6.45, 7) is 1.02. The quantitative estimate of drug-likeness (QED) is 0.793. The number of carbonyl (C=O) groups excluding carboxylic acids is 1. The number of aliphatic hydroxyl groups is 1. The molecule has 1 aliphatic heterocycles. The van der Waals surface area contributed by atoms with Crippen molar-refractivity contribution in [3.8, 4) is 11.5 Å². The number of rotatable bonds is 7. The van der Waals surface area contributed by atoms with E-state index >= 15 is 0 Å². The van der Waals surface area contributed by atoms with Crippen LogP contribution >= 0.6 is 0 Å². The predicted octanol–water partition coefficient (Wildman–Crippen LogP) is 1.92. The van der Waals surface area contributed by atoms with Crippen LogP contribution in [0.2, 0.25) is 0 Å². The smallest absolute Gasteiger partial charge is 0.258 e. The number of hydrogen-bond donors (Lipinski definition) is 2. The van der Waals surface area contributed by atoms with Gasteiger partial charge in [-0.05, 0) is 35.7 Å². The van der Waals surface area contributed by atoms with Crippen LogP contribution < -0.4 is 19.7 Å². The molecule has 0 aliphatic carbocycles. The van der Waals surface area contributed by atoms with Gasteiger partial charge in [-0.3, -0.25) is 4.79 Å². The molecule has 0 saturated heterocycles. The molecule has 1 heterocycles. The lowest BCUT2D eigenvalue weighted by Crippen LogP contribution is -2.32. The van der Waals surface area contributed by atoms with Gasteiger partial charge in [0.25, 0.3) is 5.91 Å². The fourth-order valence-electron chi connectivity index (χ4n) is 3.01. The number of anilines is 1. The summed E-state index contributed by atoms with van der Waals surface area (Å²) >= 11 is 0. The fourth-order valence-corrected chi connectivity index (χ4v) is 3.01. The van der Waals surface area contributed by atoms with Crippen molar-refractivity contribution < 1.29 is 19.4 Å². The number of ether oxygens (including phenoxy) is 2. The van der Waals surface area contributed by atoms with Crippen LogP contribution in [0.4, 0.5) is 5.69 Å². The normalized spacial score (nSPS) is 13.9. The van der Waals surface area contributed by atoms with Crippen LogP contribution in [0.3, 0.4) is 0 Å². The van der Waals surface area contributed by atoms with E-state index in [2.05, 4.69) is 17.3 Å². The molecule has 2 aromatic rings. The maximum absolute atomic E-state index is 12.0. The Morgan fingerprint density at radius 1 is 1.27 bits per heavy atom. The average molecular weight is 356 g/mol. The summed E-state index contributed by atoms with van der Waals surface area (Å²) in [5.41, 5.74) is 3.25. The number of methoxy groups -OCH3 is 1. The van der Waals surface area contributed by atoms with Crippen molar-refractivity contribution in [1.29, 1.82) is 0 Å². The molecular weight excluding hydrogens is 332 g/mol. The summed E-state index contributed by atoms with van der Waals surface area (Å²) in [6.07, 6.45) is 0.236. The van der Waals surface area contributed by atoms with Gasteiger partial charge in [0.2, 0.25) is 0 Å². The maximum atomic E-state index is 12.0. The third-order valence-corrected chi connectivity index (χ3v) is 4.52. The van der Waals surface area contributed by atoms with Gasteiger partial charge in [-0.1, -0.05) is 18.2 Å². The zero-order valence-electron chi connectivity index (χ0n) is 15.1. The minimum Gasteiger partial charge on any atom is -0.497 e. The number of fused-ring (bicyclic) bond motifs is 1. The zero-order valence-corrected chi connectivity index (χ0v) is 15.1. The molecule has 0 saturated carbocycles. The molecule has 138 valence electrons. The highest BCUT2D eigenvalue weighted by Gasteiger charge is 2.18. The minimum atomic E-state index is -0.744. The van der Waals surface area contributed by atoms with E-state index in [0.717, 1.165) is 18.5 Å². The highest BCUT2D eigenvalue weighted by Crippen LogP contribution is 2.29. The van der Waals surface area contributed by atoms with Gasteiger partial charge in [0.1, 0.15) is 11.5 Å². The molecule has 6 nitrogen and oxygen atoms in total. The lowest BCUT2D eigenvalue weighted by atomic mass is 10.0. The molecule has 0 fully saturated rings. The van der Waals surface area contributed by atoms with Crippen LogP contribution in [0, 0.1) is 0 Å². The number of nitrogens with one attached hydrogen (secondary N) is 1. The van der Waals surface area contributed by atoms with E-state index in [-0.39, 0.29) is 19.1 Å². The molecule has 0 aromatic heterocycles. The van der Waals surface area contributed by atoms with Crippen molar-refractivity contribution in [3.63, 3.8) is 0 Å². The first-order valence-electron chi connectivity index (χ1n) is 8.62.